The molecule has 74 valence electrons. The van der Waals surface area contributed by atoms with Crippen LogP contribution in [0.4, 0.5) is 5.69 Å². The number of rotatable bonds is 4. The summed E-state index contributed by atoms with van der Waals surface area (Å²) in [6, 6.07) is 0. The predicted octanol–water partition coefficient (Wildman–Crippen LogP) is 0.702. The number of hydrogen-bond donors (Lipinski definition) is 1. The molecule has 13 heavy (non-hydrogen) atoms. The van der Waals surface area contributed by atoms with Crippen molar-refractivity contribution in [3.05, 3.63) is 11.9 Å². The van der Waals surface area contributed by atoms with Gasteiger partial charge in [0.05, 0.1) is 11.4 Å². The maximum atomic E-state index is 4.25. The lowest BCUT2D eigenvalue weighted by atomic mass is 10.4. The van der Waals surface area contributed by atoms with Gasteiger partial charge in [-0.2, -0.15) is 5.10 Å². The van der Waals surface area contributed by atoms with Gasteiger partial charge in [0, 0.05) is 26.3 Å². The van der Waals surface area contributed by atoms with Crippen molar-refractivity contribution in [1.82, 2.24) is 14.7 Å². The Morgan fingerprint density at radius 1 is 1.54 bits per heavy atom. The molecule has 0 saturated carbocycles. The lowest BCUT2D eigenvalue weighted by Gasteiger charge is -2.10. The quantitative estimate of drug-likeness (QED) is 0.744. The molecule has 0 radical (unpaired) electrons. The molecular formula is C9H18N4. The topological polar surface area (TPSA) is 33.1 Å². The molecule has 0 aliphatic rings. The van der Waals surface area contributed by atoms with Crippen LogP contribution in [0.15, 0.2) is 6.20 Å². The smallest absolute Gasteiger partial charge is 0.0824 e. The SMILES string of the molecule is Cc1nn(C)cc1NCCN(C)C. The molecule has 4 heteroatoms. The lowest BCUT2D eigenvalue weighted by Crippen LogP contribution is -2.20. The van der Waals surface area contributed by atoms with Gasteiger partial charge < -0.3 is 10.2 Å². The van der Waals surface area contributed by atoms with E-state index in [1.54, 1.807) is 0 Å². The fraction of sp³-hybridized carbons (Fsp3) is 0.667. The van der Waals surface area contributed by atoms with Gasteiger partial charge in [0.15, 0.2) is 0 Å². The number of nitrogens with one attached hydrogen (secondary N) is 1. The molecule has 1 N–H and O–H groups in total. The molecule has 0 aliphatic heterocycles. The third kappa shape index (κ3) is 3.06. The summed E-state index contributed by atoms with van der Waals surface area (Å²) in [5.74, 6) is 0. The van der Waals surface area contributed by atoms with Crippen LogP contribution in [0.5, 0.6) is 0 Å². The zero-order valence-corrected chi connectivity index (χ0v) is 8.83. The summed E-state index contributed by atoms with van der Waals surface area (Å²) in [5, 5.41) is 7.59. The van der Waals surface area contributed by atoms with Gasteiger partial charge in [-0.05, 0) is 21.0 Å². The second-order valence-corrected chi connectivity index (χ2v) is 3.53. The fourth-order valence-electron chi connectivity index (χ4n) is 1.19. The lowest BCUT2D eigenvalue weighted by molar-refractivity contribution is 0.425. The first-order chi connectivity index (χ1) is 6.09. The van der Waals surface area contributed by atoms with E-state index in [0.29, 0.717) is 0 Å². The van der Waals surface area contributed by atoms with Crippen LogP contribution in [0.1, 0.15) is 5.69 Å². The van der Waals surface area contributed by atoms with E-state index in [4.69, 9.17) is 0 Å². The third-order valence-corrected chi connectivity index (χ3v) is 1.89. The molecule has 0 atom stereocenters. The van der Waals surface area contributed by atoms with E-state index >= 15 is 0 Å². The van der Waals surface area contributed by atoms with Crippen LogP contribution >= 0.6 is 0 Å². The summed E-state index contributed by atoms with van der Waals surface area (Å²) >= 11 is 0. The molecule has 0 fully saturated rings. The largest absolute Gasteiger partial charge is 0.381 e. The Labute approximate surface area is 79.5 Å². The number of aryl methyl sites for hydroxylation is 2. The first-order valence-corrected chi connectivity index (χ1v) is 4.48. The van der Waals surface area contributed by atoms with Crippen molar-refractivity contribution < 1.29 is 0 Å². The molecular weight excluding hydrogens is 164 g/mol. The number of nitrogens with zero attached hydrogens (tertiary/aromatic N) is 3. The average molecular weight is 182 g/mol. The van der Waals surface area contributed by atoms with Gasteiger partial charge in [-0.1, -0.05) is 0 Å². The molecule has 0 saturated heterocycles. The number of likely N-dealkylation sites (N-methyl/N-ethyl adjacent to an activating group) is 1. The van der Waals surface area contributed by atoms with Crippen LogP contribution < -0.4 is 5.32 Å². The van der Waals surface area contributed by atoms with Crippen LogP contribution in [-0.4, -0.2) is 41.9 Å². The number of hydrogen-bond acceptors (Lipinski definition) is 3. The standard InChI is InChI=1S/C9H18N4/c1-8-9(7-13(4)11-8)10-5-6-12(2)3/h7,10H,5-6H2,1-4H3. The van der Waals surface area contributed by atoms with Gasteiger partial charge in [-0.25, -0.2) is 0 Å². The van der Waals surface area contributed by atoms with Crippen molar-refractivity contribution in [3.63, 3.8) is 0 Å². The zero-order chi connectivity index (χ0) is 9.84. The second-order valence-electron chi connectivity index (χ2n) is 3.53. The van der Waals surface area contributed by atoms with Crippen molar-refractivity contribution in [2.75, 3.05) is 32.5 Å². The Bertz CT molecular complexity index is 265. The van der Waals surface area contributed by atoms with E-state index in [1.165, 1.54) is 0 Å². The molecule has 0 amide bonds. The highest BCUT2D eigenvalue weighted by Gasteiger charge is 2.00. The molecule has 0 aromatic carbocycles. The van der Waals surface area contributed by atoms with Crippen LogP contribution in [-0.2, 0) is 7.05 Å². The fourth-order valence-corrected chi connectivity index (χ4v) is 1.19. The van der Waals surface area contributed by atoms with Gasteiger partial charge in [0.2, 0.25) is 0 Å². The Hall–Kier alpha value is -1.03. The van der Waals surface area contributed by atoms with E-state index < -0.39 is 0 Å². The highest BCUT2D eigenvalue weighted by molar-refractivity contribution is 5.45. The van der Waals surface area contributed by atoms with E-state index in [1.807, 2.05) is 24.9 Å². The minimum atomic E-state index is 0.958. The van der Waals surface area contributed by atoms with Crippen LogP contribution in [0.25, 0.3) is 0 Å². The van der Waals surface area contributed by atoms with E-state index in [9.17, 15) is 0 Å². The Morgan fingerprint density at radius 2 is 2.23 bits per heavy atom. The summed E-state index contributed by atoms with van der Waals surface area (Å²) in [5.41, 5.74) is 2.19. The molecule has 0 bridgehead atoms. The molecule has 4 nitrogen and oxygen atoms in total. The molecule has 1 aromatic rings. The Balaban J connectivity index is 2.40. The van der Waals surface area contributed by atoms with Gasteiger partial charge >= 0.3 is 0 Å². The molecule has 0 aliphatic carbocycles. The molecule has 1 heterocycles. The highest BCUT2D eigenvalue weighted by atomic mass is 15.3. The van der Waals surface area contributed by atoms with Gasteiger partial charge in [0.25, 0.3) is 0 Å². The van der Waals surface area contributed by atoms with Crippen molar-refractivity contribution in [2.24, 2.45) is 7.05 Å². The summed E-state index contributed by atoms with van der Waals surface area (Å²) in [7, 11) is 6.07. The van der Waals surface area contributed by atoms with Crippen molar-refractivity contribution in [3.8, 4) is 0 Å². The maximum absolute atomic E-state index is 4.25. The summed E-state index contributed by atoms with van der Waals surface area (Å²) in [4.78, 5) is 2.15. The first-order valence-electron chi connectivity index (χ1n) is 4.48. The van der Waals surface area contributed by atoms with Crippen molar-refractivity contribution in [1.29, 1.82) is 0 Å². The van der Waals surface area contributed by atoms with E-state index in [0.717, 1.165) is 24.5 Å². The predicted molar refractivity (Wildman–Crippen MR) is 55.0 cm³/mol. The highest BCUT2D eigenvalue weighted by Crippen LogP contribution is 2.10. The summed E-state index contributed by atoms with van der Waals surface area (Å²) in [6.45, 7) is 4.01. The first kappa shape index (κ1) is 10.1. The maximum Gasteiger partial charge on any atom is 0.0824 e. The van der Waals surface area contributed by atoms with Crippen molar-refractivity contribution in [2.45, 2.75) is 6.92 Å². The van der Waals surface area contributed by atoms with Gasteiger partial charge in [0.1, 0.15) is 0 Å². The second kappa shape index (κ2) is 4.28. The molecule has 1 aromatic heterocycles. The van der Waals surface area contributed by atoms with Crippen LogP contribution in [0.2, 0.25) is 0 Å². The van der Waals surface area contributed by atoms with Crippen LogP contribution in [0.3, 0.4) is 0 Å². The molecule has 0 unspecified atom stereocenters. The minimum Gasteiger partial charge on any atom is -0.381 e. The summed E-state index contributed by atoms with van der Waals surface area (Å²) in [6.07, 6.45) is 2.00. The van der Waals surface area contributed by atoms with Crippen LogP contribution in [0, 0.1) is 6.92 Å². The number of aromatic nitrogens is 2. The number of anilines is 1. The monoisotopic (exact) mass is 182 g/mol. The van der Waals surface area contributed by atoms with E-state index in [-0.39, 0.29) is 0 Å². The molecule has 1 rings (SSSR count). The van der Waals surface area contributed by atoms with Crippen molar-refractivity contribution >= 4 is 5.69 Å². The Morgan fingerprint density at radius 3 is 2.69 bits per heavy atom. The van der Waals surface area contributed by atoms with Gasteiger partial charge in [-0.15, -0.1) is 0 Å². The minimum absolute atomic E-state index is 0.958. The average Bonchev–Trinajstić information content (AvgIpc) is 2.29. The molecule has 0 spiro atoms. The zero-order valence-electron chi connectivity index (χ0n) is 8.83. The summed E-state index contributed by atoms with van der Waals surface area (Å²) < 4.78 is 1.83. The van der Waals surface area contributed by atoms with E-state index in [2.05, 4.69) is 29.4 Å². The van der Waals surface area contributed by atoms with Gasteiger partial charge in [-0.3, -0.25) is 4.68 Å². The normalized spacial score (nSPS) is 10.8. The Kier molecular flexibility index (Phi) is 3.31. The third-order valence-electron chi connectivity index (χ3n) is 1.89.